The van der Waals surface area contributed by atoms with Crippen LogP contribution in [0.25, 0.3) is 0 Å². The Bertz CT molecular complexity index is 322. The van der Waals surface area contributed by atoms with Crippen molar-refractivity contribution in [2.45, 2.75) is 11.0 Å². The highest BCUT2D eigenvalue weighted by molar-refractivity contribution is 8.16. The monoisotopic (exact) mass is 228 g/mol. The van der Waals surface area contributed by atoms with Gasteiger partial charge in [-0.1, -0.05) is 12.1 Å². The van der Waals surface area contributed by atoms with Gasteiger partial charge in [0.15, 0.2) is 11.5 Å². The summed E-state index contributed by atoms with van der Waals surface area (Å²) in [5, 5.41) is 19.0. The number of benzene rings is 1. The van der Waals surface area contributed by atoms with Gasteiger partial charge in [-0.15, -0.1) is 23.5 Å². The number of hydrogen-bond acceptors (Lipinski definition) is 4. The van der Waals surface area contributed by atoms with Gasteiger partial charge in [0.05, 0.1) is 4.58 Å². The maximum absolute atomic E-state index is 9.67. The summed E-state index contributed by atoms with van der Waals surface area (Å²) in [6.07, 6.45) is 1.23. The van der Waals surface area contributed by atoms with Gasteiger partial charge in [0.2, 0.25) is 0 Å². The van der Waals surface area contributed by atoms with E-state index in [0.29, 0.717) is 0 Å². The zero-order chi connectivity index (χ0) is 9.97. The van der Waals surface area contributed by atoms with Crippen LogP contribution in [0.4, 0.5) is 0 Å². The third kappa shape index (κ3) is 1.96. The highest BCUT2D eigenvalue weighted by Crippen LogP contribution is 2.48. The van der Waals surface area contributed by atoms with Crippen LogP contribution in [-0.2, 0) is 0 Å². The molecular weight excluding hydrogens is 216 g/mol. The second-order valence-electron chi connectivity index (χ2n) is 3.14. The number of aromatic hydroxyl groups is 2. The van der Waals surface area contributed by atoms with Crippen LogP contribution in [0.1, 0.15) is 16.6 Å². The van der Waals surface area contributed by atoms with Gasteiger partial charge in [-0.05, 0) is 24.0 Å². The number of hydrogen-bond donors (Lipinski definition) is 2. The van der Waals surface area contributed by atoms with E-state index < -0.39 is 0 Å². The standard InChI is InChI=1S/C10H12O2S2/c11-8-4-1-3-7(9(8)12)10-13-5-2-6-14-10/h1,3-4,10-12H,2,5-6H2. The molecule has 76 valence electrons. The Kier molecular flexibility index (Phi) is 3.13. The SMILES string of the molecule is Oc1cccc(C2SCCCS2)c1O. The molecule has 0 saturated carbocycles. The summed E-state index contributed by atoms with van der Waals surface area (Å²) in [4.78, 5) is 0. The minimum Gasteiger partial charge on any atom is -0.504 e. The highest BCUT2D eigenvalue weighted by atomic mass is 32.2. The normalized spacial score (nSPS) is 18.3. The molecule has 0 spiro atoms. The molecule has 0 aliphatic carbocycles. The van der Waals surface area contributed by atoms with Crippen LogP contribution in [0, 0.1) is 0 Å². The van der Waals surface area contributed by atoms with Crippen molar-refractivity contribution in [2.24, 2.45) is 0 Å². The first-order valence-corrected chi connectivity index (χ1v) is 6.63. The Balaban J connectivity index is 2.26. The van der Waals surface area contributed by atoms with Crippen molar-refractivity contribution in [1.82, 2.24) is 0 Å². The molecule has 0 amide bonds. The lowest BCUT2D eigenvalue weighted by Crippen LogP contribution is -2.00. The Morgan fingerprint density at radius 3 is 2.57 bits per heavy atom. The number of para-hydroxylation sites is 1. The first-order chi connectivity index (χ1) is 6.79. The van der Waals surface area contributed by atoms with E-state index in [1.54, 1.807) is 6.07 Å². The van der Waals surface area contributed by atoms with Crippen molar-refractivity contribution in [3.05, 3.63) is 23.8 Å². The Hall–Kier alpha value is -0.480. The van der Waals surface area contributed by atoms with Gasteiger partial charge < -0.3 is 10.2 Å². The van der Waals surface area contributed by atoms with Gasteiger partial charge in [0, 0.05) is 5.56 Å². The van der Waals surface area contributed by atoms with Gasteiger partial charge in [-0.25, -0.2) is 0 Å². The lowest BCUT2D eigenvalue weighted by molar-refractivity contribution is 0.400. The van der Waals surface area contributed by atoms with Gasteiger partial charge in [-0.2, -0.15) is 0 Å². The Labute approximate surface area is 91.7 Å². The molecule has 0 unspecified atom stereocenters. The molecule has 1 aromatic rings. The van der Waals surface area contributed by atoms with Crippen molar-refractivity contribution < 1.29 is 10.2 Å². The summed E-state index contributed by atoms with van der Waals surface area (Å²) in [6, 6.07) is 5.17. The minimum atomic E-state index is -0.0192. The van der Waals surface area contributed by atoms with Gasteiger partial charge in [0.25, 0.3) is 0 Å². The lowest BCUT2D eigenvalue weighted by Gasteiger charge is -2.21. The Morgan fingerprint density at radius 2 is 1.86 bits per heavy atom. The average Bonchev–Trinajstić information content (AvgIpc) is 2.23. The summed E-state index contributed by atoms with van der Waals surface area (Å²) < 4.78 is 0.274. The van der Waals surface area contributed by atoms with E-state index >= 15 is 0 Å². The number of rotatable bonds is 1. The van der Waals surface area contributed by atoms with Gasteiger partial charge in [-0.3, -0.25) is 0 Å². The molecule has 1 aromatic carbocycles. The van der Waals surface area contributed by atoms with Gasteiger partial charge >= 0.3 is 0 Å². The molecule has 14 heavy (non-hydrogen) atoms. The molecule has 0 radical (unpaired) electrons. The zero-order valence-electron chi connectivity index (χ0n) is 7.64. The predicted octanol–water partition coefficient (Wildman–Crippen LogP) is 2.97. The van der Waals surface area contributed by atoms with Crippen LogP contribution < -0.4 is 0 Å². The maximum Gasteiger partial charge on any atom is 0.162 e. The Morgan fingerprint density at radius 1 is 1.14 bits per heavy atom. The van der Waals surface area contributed by atoms with E-state index in [2.05, 4.69) is 0 Å². The van der Waals surface area contributed by atoms with E-state index in [9.17, 15) is 10.2 Å². The molecular formula is C10H12O2S2. The fourth-order valence-electron chi connectivity index (χ4n) is 1.41. The second-order valence-corrected chi connectivity index (χ2v) is 5.87. The summed E-state index contributed by atoms with van der Waals surface area (Å²) in [5.41, 5.74) is 0.847. The third-order valence-corrected chi connectivity index (χ3v) is 5.11. The molecule has 0 bridgehead atoms. The first kappa shape index (κ1) is 10.1. The molecule has 0 atom stereocenters. The van der Waals surface area contributed by atoms with E-state index in [-0.39, 0.29) is 16.1 Å². The van der Waals surface area contributed by atoms with Crippen LogP contribution in [0.15, 0.2) is 18.2 Å². The molecule has 2 nitrogen and oxygen atoms in total. The van der Waals surface area contributed by atoms with Crippen molar-refractivity contribution in [3.8, 4) is 11.5 Å². The highest BCUT2D eigenvalue weighted by Gasteiger charge is 2.20. The summed E-state index contributed by atoms with van der Waals surface area (Å²) in [5.74, 6) is 2.29. The minimum absolute atomic E-state index is 0.0192. The predicted molar refractivity (Wildman–Crippen MR) is 62.0 cm³/mol. The van der Waals surface area contributed by atoms with Crippen LogP contribution in [-0.4, -0.2) is 21.7 Å². The van der Waals surface area contributed by atoms with Crippen LogP contribution >= 0.6 is 23.5 Å². The summed E-state index contributed by atoms with van der Waals surface area (Å²) >= 11 is 3.66. The molecule has 2 N–H and O–H groups in total. The molecule has 1 heterocycles. The fourth-order valence-corrected chi connectivity index (χ4v) is 4.34. The number of thioether (sulfide) groups is 2. The zero-order valence-corrected chi connectivity index (χ0v) is 9.27. The smallest absolute Gasteiger partial charge is 0.162 e. The molecule has 1 aliphatic heterocycles. The maximum atomic E-state index is 9.67. The van der Waals surface area contributed by atoms with Gasteiger partial charge in [0.1, 0.15) is 0 Å². The molecule has 4 heteroatoms. The molecule has 0 aromatic heterocycles. The molecule has 2 rings (SSSR count). The van der Waals surface area contributed by atoms with E-state index in [1.165, 1.54) is 12.5 Å². The van der Waals surface area contributed by atoms with Crippen molar-refractivity contribution >= 4 is 23.5 Å². The van der Waals surface area contributed by atoms with Crippen LogP contribution in [0.3, 0.4) is 0 Å². The first-order valence-electron chi connectivity index (χ1n) is 4.53. The number of phenolic OH excluding ortho intramolecular Hbond substituents is 2. The molecule has 1 saturated heterocycles. The van der Waals surface area contributed by atoms with Crippen LogP contribution in [0.2, 0.25) is 0 Å². The van der Waals surface area contributed by atoms with E-state index in [0.717, 1.165) is 17.1 Å². The summed E-state index contributed by atoms with van der Waals surface area (Å²) in [7, 11) is 0. The van der Waals surface area contributed by atoms with Crippen molar-refractivity contribution in [3.63, 3.8) is 0 Å². The largest absolute Gasteiger partial charge is 0.504 e. The third-order valence-electron chi connectivity index (χ3n) is 2.13. The lowest BCUT2D eigenvalue weighted by atomic mass is 10.2. The van der Waals surface area contributed by atoms with Crippen molar-refractivity contribution in [1.29, 1.82) is 0 Å². The average molecular weight is 228 g/mol. The van der Waals surface area contributed by atoms with E-state index in [1.807, 2.05) is 29.6 Å². The van der Waals surface area contributed by atoms with Crippen LogP contribution in [0.5, 0.6) is 11.5 Å². The molecule has 1 fully saturated rings. The number of phenols is 2. The molecule has 1 aliphatic rings. The fraction of sp³-hybridized carbons (Fsp3) is 0.400. The van der Waals surface area contributed by atoms with E-state index in [4.69, 9.17) is 0 Å². The quantitative estimate of drug-likeness (QED) is 0.725. The van der Waals surface area contributed by atoms with Crippen molar-refractivity contribution in [2.75, 3.05) is 11.5 Å². The topological polar surface area (TPSA) is 40.5 Å². The summed E-state index contributed by atoms with van der Waals surface area (Å²) in [6.45, 7) is 0. The second kappa shape index (κ2) is 4.36.